The molecular weight excluding hydrogens is 491 g/mol. The van der Waals surface area contributed by atoms with Gasteiger partial charge in [0, 0.05) is 17.6 Å². The number of esters is 1. The minimum atomic E-state index is -0.698. The average molecular weight is 515 g/mol. The van der Waals surface area contributed by atoms with Crippen molar-refractivity contribution in [3.05, 3.63) is 64.9 Å². The minimum Gasteiger partial charge on any atom is -0.493 e. The first kappa shape index (κ1) is 23.6. The lowest BCUT2D eigenvalue weighted by Crippen LogP contribution is -2.46. The summed E-state index contributed by atoms with van der Waals surface area (Å²) in [5.74, 6) is 0.708. The minimum absolute atomic E-state index is 0.00559. The van der Waals surface area contributed by atoms with Gasteiger partial charge in [-0.1, -0.05) is 18.2 Å². The van der Waals surface area contributed by atoms with Crippen molar-refractivity contribution in [1.82, 2.24) is 9.88 Å². The van der Waals surface area contributed by atoms with Gasteiger partial charge in [0.05, 0.1) is 25.5 Å². The number of fused-ring (bicyclic) bond motifs is 1. The summed E-state index contributed by atoms with van der Waals surface area (Å²) < 4.78 is 29.9. The molecule has 1 amide bonds. The first-order chi connectivity index (χ1) is 17.0. The van der Waals surface area contributed by atoms with Gasteiger partial charge in [0.15, 0.2) is 11.5 Å². The van der Waals surface area contributed by atoms with Crippen molar-refractivity contribution in [1.29, 1.82) is 0 Å². The lowest BCUT2D eigenvalue weighted by atomic mass is 10.0. The molecular formula is C25H23FN2O5S2. The number of methoxy groups -OCH3 is 2. The summed E-state index contributed by atoms with van der Waals surface area (Å²) in [6, 6.07) is 11.0. The highest BCUT2D eigenvalue weighted by Crippen LogP contribution is 2.54. The Labute approximate surface area is 210 Å². The van der Waals surface area contributed by atoms with Crippen LogP contribution in [0.2, 0.25) is 0 Å². The Morgan fingerprint density at radius 3 is 2.74 bits per heavy atom. The van der Waals surface area contributed by atoms with E-state index in [1.54, 1.807) is 31.3 Å². The predicted molar refractivity (Wildman–Crippen MR) is 131 cm³/mol. The van der Waals surface area contributed by atoms with Crippen LogP contribution in [0.3, 0.4) is 0 Å². The fraction of sp³-hybridized carbons (Fsp3) is 0.320. The fourth-order valence-corrected chi connectivity index (χ4v) is 7.08. The number of para-hydroxylation sites is 1. The van der Waals surface area contributed by atoms with Gasteiger partial charge >= 0.3 is 5.97 Å². The molecule has 0 bridgehead atoms. The van der Waals surface area contributed by atoms with Gasteiger partial charge in [-0.15, -0.1) is 23.1 Å². The number of hydrogen-bond acceptors (Lipinski definition) is 8. The van der Waals surface area contributed by atoms with Crippen molar-refractivity contribution in [2.75, 3.05) is 20.0 Å². The quantitative estimate of drug-likeness (QED) is 0.427. The molecule has 0 spiro atoms. The summed E-state index contributed by atoms with van der Waals surface area (Å²) in [4.78, 5) is 31.4. The second-order valence-corrected chi connectivity index (χ2v) is 10.3. The average Bonchev–Trinajstić information content (AvgIpc) is 3.59. The maximum absolute atomic E-state index is 13.5. The van der Waals surface area contributed by atoms with Crippen LogP contribution < -0.4 is 9.47 Å². The van der Waals surface area contributed by atoms with Crippen molar-refractivity contribution in [2.24, 2.45) is 0 Å². The van der Waals surface area contributed by atoms with E-state index in [0.717, 1.165) is 11.1 Å². The van der Waals surface area contributed by atoms with E-state index in [4.69, 9.17) is 14.2 Å². The highest BCUT2D eigenvalue weighted by molar-refractivity contribution is 8.00. The molecule has 10 heteroatoms. The number of ether oxygens (including phenoxy) is 3. The third-order valence-corrected chi connectivity index (χ3v) is 8.76. The molecule has 182 valence electrons. The lowest BCUT2D eigenvalue weighted by molar-refractivity contribution is -0.155. The molecule has 3 heterocycles. The predicted octanol–water partition coefficient (Wildman–Crippen LogP) is 4.60. The first-order valence-corrected chi connectivity index (χ1v) is 12.9. The maximum Gasteiger partial charge on any atom is 0.330 e. The van der Waals surface area contributed by atoms with Crippen molar-refractivity contribution < 1.29 is 28.2 Å². The summed E-state index contributed by atoms with van der Waals surface area (Å²) >= 11 is 2.94. The standard InChI is InChI=1S/C25H23FN2O5S2/c1-31-20-5-3-4-18(22(20)32-2)23-27-17(13-34-23)12-33-24(30)19-14-35-25(11-10-21(29)28(19)25)15-6-8-16(26)9-7-15/h3-9,13,19H,10-12,14H2,1-2H3/t19-,25+/m1/s1. The van der Waals surface area contributed by atoms with E-state index >= 15 is 0 Å². The van der Waals surface area contributed by atoms with E-state index in [-0.39, 0.29) is 18.3 Å². The van der Waals surface area contributed by atoms with E-state index in [2.05, 4.69) is 4.98 Å². The molecule has 2 fully saturated rings. The van der Waals surface area contributed by atoms with Crippen LogP contribution in [0.1, 0.15) is 24.1 Å². The number of hydrogen-bond donors (Lipinski definition) is 0. The second-order valence-electron chi connectivity index (χ2n) is 8.17. The van der Waals surface area contributed by atoms with Gasteiger partial charge in [0.1, 0.15) is 28.3 Å². The largest absolute Gasteiger partial charge is 0.493 e. The van der Waals surface area contributed by atoms with Gasteiger partial charge < -0.3 is 19.1 Å². The van der Waals surface area contributed by atoms with Crippen LogP contribution in [0, 0.1) is 5.82 Å². The first-order valence-electron chi connectivity index (χ1n) is 11.0. The Morgan fingerprint density at radius 2 is 2.00 bits per heavy atom. The molecule has 7 nitrogen and oxygen atoms in total. The summed E-state index contributed by atoms with van der Waals surface area (Å²) in [6.07, 6.45) is 0.912. The molecule has 3 aromatic rings. The SMILES string of the molecule is COc1cccc(-c2nc(COC(=O)[C@H]3CS[C@]4(c5ccc(F)cc5)CCC(=O)N34)cs2)c1OC. The molecule has 2 saturated heterocycles. The van der Waals surface area contributed by atoms with Crippen LogP contribution in [0.15, 0.2) is 47.8 Å². The topological polar surface area (TPSA) is 78.0 Å². The number of carbonyl (C=O) groups excluding carboxylic acids is 2. The van der Waals surface area contributed by atoms with Crippen molar-refractivity contribution in [3.63, 3.8) is 0 Å². The third kappa shape index (κ3) is 4.14. The zero-order chi connectivity index (χ0) is 24.6. The Balaban J connectivity index is 1.30. The van der Waals surface area contributed by atoms with Crippen LogP contribution in [0.25, 0.3) is 10.6 Å². The van der Waals surface area contributed by atoms with E-state index in [1.807, 2.05) is 23.6 Å². The number of carbonyl (C=O) groups is 2. The number of halogens is 1. The maximum atomic E-state index is 13.5. The van der Waals surface area contributed by atoms with Gasteiger partial charge in [-0.25, -0.2) is 14.2 Å². The van der Waals surface area contributed by atoms with E-state index in [0.29, 0.717) is 40.8 Å². The summed E-state index contributed by atoms with van der Waals surface area (Å²) in [7, 11) is 3.15. The summed E-state index contributed by atoms with van der Waals surface area (Å²) in [5, 5.41) is 2.54. The molecule has 2 aliphatic rings. The molecule has 35 heavy (non-hydrogen) atoms. The van der Waals surface area contributed by atoms with Gasteiger partial charge in [-0.2, -0.15) is 0 Å². The molecule has 0 unspecified atom stereocenters. The molecule has 2 aliphatic heterocycles. The van der Waals surface area contributed by atoms with Crippen LogP contribution in [-0.2, 0) is 25.8 Å². The zero-order valence-corrected chi connectivity index (χ0v) is 20.8. The Hall–Kier alpha value is -3.11. The number of aromatic nitrogens is 1. The van der Waals surface area contributed by atoms with Crippen molar-refractivity contribution >= 4 is 35.0 Å². The number of thiazole rings is 1. The molecule has 5 rings (SSSR count). The fourth-order valence-electron chi connectivity index (χ4n) is 4.62. The number of thioether (sulfide) groups is 1. The molecule has 2 aromatic carbocycles. The molecule has 1 aromatic heterocycles. The monoisotopic (exact) mass is 514 g/mol. The van der Waals surface area contributed by atoms with Crippen molar-refractivity contribution in [2.45, 2.75) is 30.4 Å². The number of rotatable bonds is 7. The molecule has 0 radical (unpaired) electrons. The lowest BCUT2D eigenvalue weighted by Gasteiger charge is -2.33. The Morgan fingerprint density at radius 1 is 1.20 bits per heavy atom. The van der Waals surface area contributed by atoms with Crippen LogP contribution >= 0.6 is 23.1 Å². The van der Waals surface area contributed by atoms with Gasteiger partial charge in [-0.3, -0.25) is 4.79 Å². The Kier molecular flexibility index (Phi) is 6.41. The highest BCUT2D eigenvalue weighted by atomic mass is 32.2. The summed E-state index contributed by atoms with van der Waals surface area (Å²) in [5.41, 5.74) is 2.21. The van der Waals surface area contributed by atoms with Crippen LogP contribution in [0.4, 0.5) is 4.39 Å². The van der Waals surface area contributed by atoms with Gasteiger partial charge in [0.25, 0.3) is 0 Å². The van der Waals surface area contributed by atoms with E-state index in [1.165, 1.54) is 35.2 Å². The number of benzene rings is 2. The zero-order valence-electron chi connectivity index (χ0n) is 19.2. The normalized spacial score (nSPS) is 21.2. The highest BCUT2D eigenvalue weighted by Gasteiger charge is 2.57. The molecule has 2 atom stereocenters. The van der Waals surface area contributed by atoms with Crippen LogP contribution in [-0.4, -0.2) is 47.8 Å². The van der Waals surface area contributed by atoms with Gasteiger partial charge in [0.2, 0.25) is 5.91 Å². The molecule has 0 saturated carbocycles. The molecule has 0 N–H and O–H groups in total. The smallest absolute Gasteiger partial charge is 0.330 e. The number of nitrogens with zero attached hydrogens (tertiary/aromatic N) is 2. The number of amides is 1. The van der Waals surface area contributed by atoms with Crippen molar-refractivity contribution in [3.8, 4) is 22.1 Å². The molecule has 0 aliphatic carbocycles. The van der Waals surface area contributed by atoms with Gasteiger partial charge in [-0.05, 0) is 36.2 Å². The second kappa shape index (κ2) is 9.50. The van der Waals surface area contributed by atoms with E-state index < -0.39 is 16.9 Å². The third-order valence-electron chi connectivity index (χ3n) is 6.24. The summed E-state index contributed by atoms with van der Waals surface area (Å²) in [6.45, 7) is -0.00559. The Bertz CT molecular complexity index is 1260. The van der Waals surface area contributed by atoms with Crippen LogP contribution in [0.5, 0.6) is 11.5 Å². The van der Waals surface area contributed by atoms with E-state index in [9.17, 15) is 14.0 Å².